The Morgan fingerprint density at radius 3 is 2.17 bits per heavy atom. The molecule has 3 heterocycles. The molecule has 0 unspecified atom stereocenters. The van der Waals surface area contributed by atoms with Gasteiger partial charge in [0.1, 0.15) is 6.33 Å². The molecule has 0 aliphatic heterocycles. The summed E-state index contributed by atoms with van der Waals surface area (Å²) in [6.07, 6.45) is 7.63. The third-order valence-electron chi connectivity index (χ3n) is 9.96. The van der Waals surface area contributed by atoms with Crippen molar-refractivity contribution in [2.75, 3.05) is 0 Å². The normalized spacial score (nSPS) is 12.3. The van der Waals surface area contributed by atoms with Gasteiger partial charge in [-0.25, -0.2) is 4.98 Å². The minimum absolute atomic E-state index is 0. The number of fused-ring (bicyclic) bond motifs is 4. The van der Waals surface area contributed by atoms with Gasteiger partial charge in [-0.1, -0.05) is 122 Å². The van der Waals surface area contributed by atoms with Crippen LogP contribution in [0.2, 0.25) is 0 Å². The van der Waals surface area contributed by atoms with Crippen LogP contribution in [0.25, 0.3) is 53.6 Å². The summed E-state index contributed by atoms with van der Waals surface area (Å²) in [5.74, 6) is 0.547. The Bertz CT molecular complexity index is 2230. The predicted octanol–water partition coefficient (Wildman–Crippen LogP) is 13.3. The van der Waals surface area contributed by atoms with Gasteiger partial charge in [0.05, 0.1) is 17.0 Å². The molecule has 5 nitrogen and oxygen atoms in total. The molecule has 0 atom stereocenters. The number of rotatable bonds is 10. The van der Waals surface area contributed by atoms with Gasteiger partial charge in [-0.3, -0.25) is 14.8 Å². The van der Waals surface area contributed by atoms with Gasteiger partial charge >= 0.3 is 0 Å². The van der Waals surface area contributed by atoms with Crippen LogP contribution in [0, 0.1) is 23.3 Å². The summed E-state index contributed by atoms with van der Waals surface area (Å²) in [6.45, 7) is 21.5. The second-order valence-corrected chi connectivity index (χ2v) is 17.4. The second-order valence-electron chi connectivity index (χ2n) is 16.4. The summed E-state index contributed by atoms with van der Waals surface area (Å²) in [5.41, 5.74) is 7.61. The molecule has 0 amide bonds. The first-order chi connectivity index (χ1) is 25.2. The van der Waals surface area contributed by atoms with Gasteiger partial charge in [0.15, 0.2) is 5.78 Å². The number of nitrogens with zero attached hydrogens (tertiary/aromatic N) is 3. The molecule has 0 saturated heterocycles. The van der Waals surface area contributed by atoms with Gasteiger partial charge in [0.25, 0.3) is 0 Å². The first kappa shape index (κ1) is 43.0. The number of hydrogen-bond donors (Lipinski definition) is 1. The van der Waals surface area contributed by atoms with Crippen LogP contribution in [0.5, 0.6) is 0 Å². The fraction of sp³-hybridized carbons (Fsp3) is 0.404. The van der Waals surface area contributed by atoms with Gasteiger partial charge in [-0.2, -0.15) is 0 Å². The monoisotopic (exact) mass is 919 g/mol. The molecule has 6 aromatic rings. The fourth-order valence-electron chi connectivity index (χ4n) is 6.88. The van der Waals surface area contributed by atoms with E-state index in [1.165, 1.54) is 21.7 Å². The number of hydrogen-bond acceptors (Lipinski definition) is 6. The molecule has 7 heteroatoms. The van der Waals surface area contributed by atoms with Crippen molar-refractivity contribution in [1.29, 1.82) is 0 Å². The fourth-order valence-corrected chi connectivity index (χ4v) is 8.11. The van der Waals surface area contributed by atoms with Gasteiger partial charge in [-0.15, -0.1) is 34.9 Å². The van der Waals surface area contributed by atoms with Crippen LogP contribution in [0.1, 0.15) is 106 Å². The number of carbonyl (C=O) groups excluding carboxylic acids is 1. The molecule has 0 spiro atoms. The molecule has 0 aliphatic rings. The van der Waals surface area contributed by atoms with Crippen molar-refractivity contribution >= 4 is 48.2 Å². The zero-order chi connectivity index (χ0) is 38.5. The van der Waals surface area contributed by atoms with E-state index < -0.39 is 0 Å². The Kier molecular flexibility index (Phi) is 14.5. The SMILES string of the molecule is CC(C)(C)Cc1ccc2c(c1)sc1c(-c3[c-]c4ccccc4c(-c4cccc(C(C)(C)C)n4)c3)ncnc12.CCC(CC)C(=O)/C=C(\O)C(CC)CC.[Ir]. The van der Waals surface area contributed by atoms with Crippen LogP contribution >= 0.6 is 11.3 Å². The number of aliphatic hydroxyl groups is 1. The third kappa shape index (κ3) is 10.1. The Morgan fingerprint density at radius 2 is 1.52 bits per heavy atom. The van der Waals surface area contributed by atoms with Crippen molar-refractivity contribution < 1.29 is 30.0 Å². The van der Waals surface area contributed by atoms with E-state index in [0.29, 0.717) is 0 Å². The smallest absolute Gasteiger partial charge is 0.162 e. The van der Waals surface area contributed by atoms with Crippen molar-refractivity contribution in [2.24, 2.45) is 17.3 Å². The quantitative estimate of drug-likeness (QED) is 0.0842. The van der Waals surface area contributed by atoms with E-state index in [0.717, 1.165) is 81.3 Å². The van der Waals surface area contributed by atoms with Crippen molar-refractivity contribution in [3.63, 3.8) is 0 Å². The Morgan fingerprint density at radius 1 is 0.833 bits per heavy atom. The van der Waals surface area contributed by atoms with Gasteiger partial charge in [0, 0.05) is 69.6 Å². The molecule has 54 heavy (non-hydrogen) atoms. The molecule has 287 valence electrons. The Labute approximate surface area is 340 Å². The third-order valence-corrected chi connectivity index (χ3v) is 11.1. The minimum atomic E-state index is -0.0305. The average Bonchev–Trinajstić information content (AvgIpc) is 3.49. The minimum Gasteiger partial charge on any atom is -0.512 e. The molecule has 3 aromatic heterocycles. The Balaban J connectivity index is 0.000000347. The second kappa shape index (κ2) is 18.2. The van der Waals surface area contributed by atoms with Gasteiger partial charge in [0.2, 0.25) is 0 Å². The first-order valence-electron chi connectivity index (χ1n) is 19.2. The number of benzene rings is 3. The maximum Gasteiger partial charge on any atom is 0.162 e. The van der Waals surface area contributed by atoms with E-state index in [-0.39, 0.29) is 54.3 Å². The molecule has 1 radical (unpaired) electrons. The number of ketones is 1. The zero-order valence-corrected chi connectivity index (χ0v) is 36.8. The zero-order valence-electron chi connectivity index (χ0n) is 33.6. The first-order valence-corrected chi connectivity index (χ1v) is 20.0. The Hall–Kier alpha value is -3.77. The van der Waals surface area contributed by atoms with E-state index in [2.05, 4.69) is 114 Å². The van der Waals surface area contributed by atoms with Gasteiger partial charge < -0.3 is 5.11 Å². The number of allylic oxidation sites excluding steroid dienone is 2. The number of carbonyl (C=O) groups is 1. The van der Waals surface area contributed by atoms with E-state index in [1.54, 1.807) is 17.7 Å². The number of aromatic nitrogens is 3. The van der Waals surface area contributed by atoms with Crippen LogP contribution in [0.3, 0.4) is 0 Å². The summed E-state index contributed by atoms with van der Waals surface area (Å²) in [6, 6.07) is 27.4. The number of aliphatic hydroxyl groups excluding tert-OH is 1. The maximum atomic E-state index is 11.7. The molecular formula is C47H56IrN3O2S-. The van der Waals surface area contributed by atoms with Gasteiger partial charge in [-0.05, 0) is 61.3 Å². The standard InChI is InChI=1S/C34H32N3S.C13H24O2.Ir/c1-33(2,3)19-21-14-15-25-28(16-21)38-32-30(35-20-36-31(25)32)23-17-22-10-7-8-11-24(22)26(18-23)27-12-9-13-29(37-27)34(4,5)6;1-5-10(6-2)12(14)9-13(15)11(7-3)8-4;/h7-16,18,20H,19H2,1-6H3;9-11,14H,5-8H2,1-4H3;/q-1;;/b;12-9-;. The molecular weight excluding hydrogens is 863 g/mol. The van der Waals surface area contributed by atoms with E-state index in [9.17, 15) is 9.90 Å². The summed E-state index contributed by atoms with van der Waals surface area (Å²) in [7, 11) is 0. The molecule has 0 bridgehead atoms. The summed E-state index contributed by atoms with van der Waals surface area (Å²) < 4.78 is 2.35. The van der Waals surface area contributed by atoms with Crippen LogP contribution in [0.4, 0.5) is 0 Å². The van der Waals surface area contributed by atoms with Crippen LogP contribution < -0.4 is 0 Å². The average molecular weight is 919 g/mol. The topological polar surface area (TPSA) is 76.0 Å². The van der Waals surface area contributed by atoms with Crippen molar-refractivity contribution in [2.45, 2.75) is 107 Å². The molecule has 3 aromatic carbocycles. The molecule has 6 rings (SSSR count). The van der Waals surface area contributed by atoms with Crippen molar-refractivity contribution in [1.82, 2.24) is 15.0 Å². The van der Waals surface area contributed by atoms with Crippen molar-refractivity contribution in [3.8, 4) is 22.5 Å². The summed E-state index contributed by atoms with van der Waals surface area (Å²) in [5, 5.41) is 13.1. The molecule has 1 N–H and O–H groups in total. The molecule has 0 aliphatic carbocycles. The number of pyridine rings is 1. The van der Waals surface area contributed by atoms with Crippen LogP contribution in [-0.2, 0) is 36.7 Å². The van der Waals surface area contributed by atoms with Crippen molar-refractivity contribution in [3.05, 3.63) is 102 Å². The van der Waals surface area contributed by atoms with Crippen LogP contribution in [-0.4, -0.2) is 25.8 Å². The molecule has 0 saturated carbocycles. The molecule has 0 fully saturated rings. The maximum absolute atomic E-state index is 11.7. The summed E-state index contributed by atoms with van der Waals surface area (Å²) >= 11 is 1.78. The van der Waals surface area contributed by atoms with Crippen LogP contribution in [0.15, 0.2) is 84.9 Å². The predicted molar refractivity (Wildman–Crippen MR) is 226 cm³/mol. The summed E-state index contributed by atoms with van der Waals surface area (Å²) in [4.78, 5) is 26.3. The van der Waals surface area contributed by atoms with E-state index in [4.69, 9.17) is 15.0 Å². The van der Waals surface area contributed by atoms with E-state index in [1.807, 2.05) is 27.7 Å². The van der Waals surface area contributed by atoms with E-state index >= 15 is 0 Å². The number of thiophene rings is 1. The largest absolute Gasteiger partial charge is 0.512 e.